The fourth-order valence-electron chi connectivity index (χ4n) is 2.87. The molecule has 1 aliphatic heterocycles. The molecule has 0 unspecified atom stereocenters. The van der Waals surface area contributed by atoms with Crippen molar-refractivity contribution in [3.63, 3.8) is 0 Å². The highest BCUT2D eigenvalue weighted by Gasteiger charge is 2.39. The number of hydrogen-bond donors (Lipinski definition) is 0. The third kappa shape index (κ3) is 5.21. The number of carbonyl (C=O) groups is 1. The predicted molar refractivity (Wildman–Crippen MR) is 90.3 cm³/mol. The third-order valence-corrected chi connectivity index (χ3v) is 4.56. The minimum absolute atomic E-state index is 0.00984. The lowest BCUT2D eigenvalue weighted by atomic mass is 10.1. The fourth-order valence-corrected chi connectivity index (χ4v) is 3.50. The molecule has 0 N–H and O–H groups in total. The van der Waals surface area contributed by atoms with Crippen LogP contribution in [0.15, 0.2) is 24.3 Å². The van der Waals surface area contributed by atoms with Crippen LogP contribution in [0.2, 0.25) is 0 Å². The van der Waals surface area contributed by atoms with E-state index in [1.54, 1.807) is 26.2 Å². The van der Waals surface area contributed by atoms with Gasteiger partial charge in [-0.1, -0.05) is 12.1 Å². The molecule has 2 rings (SSSR count). The molecule has 0 saturated carbocycles. The van der Waals surface area contributed by atoms with Gasteiger partial charge in [0.1, 0.15) is 0 Å². The van der Waals surface area contributed by atoms with Crippen molar-refractivity contribution < 1.29 is 22.3 Å². The van der Waals surface area contributed by atoms with Crippen molar-refractivity contribution in [2.45, 2.75) is 25.1 Å². The summed E-state index contributed by atoms with van der Waals surface area (Å²) in [6.07, 6.45) is 0.660. The fraction of sp³-hybridized carbons (Fsp3) is 0.533. The highest BCUT2D eigenvalue weighted by atomic mass is 32.2. The van der Waals surface area contributed by atoms with Gasteiger partial charge in [0.05, 0.1) is 23.3 Å². The summed E-state index contributed by atoms with van der Waals surface area (Å²) in [4.78, 5) is 25.9. The third-order valence-electron chi connectivity index (χ3n) is 3.93. The molecule has 1 heterocycles. The van der Waals surface area contributed by atoms with E-state index in [0.717, 1.165) is 11.8 Å². The number of nitro benzene ring substituents is 1. The Balaban J connectivity index is 2.16. The van der Waals surface area contributed by atoms with Gasteiger partial charge in [-0.3, -0.25) is 24.0 Å². The first-order valence-electron chi connectivity index (χ1n) is 7.63. The number of nitrogens with zero attached hydrogens (tertiary/aromatic N) is 3. The molecule has 1 aromatic carbocycles. The number of hydrogen-bond acceptors (Lipinski definition) is 7. The van der Waals surface area contributed by atoms with Gasteiger partial charge in [-0.2, -0.15) is 8.42 Å². The van der Waals surface area contributed by atoms with Gasteiger partial charge in [0.2, 0.25) is 5.91 Å². The maximum absolute atomic E-state index is 12.4. The van der Waals surface area contributed by atoms with Gasteiger partial charge in [0, 0.05) is 45.7 Å². The number of benzene rings is 1. The number of non-ortho nitro benzene ring substituents is 1. The Bertz CT molecular complexity index is 747. The molecule has 0 aromatic heterocycles. The van der Waals surface area contributed by atoms with Crippen molar-refractivity contribution in [1.29, 1.82) is 0 Å². The smallest absolute Gasteiger partial charge is 0.269 e. The second kappa shape index (κ2) is 7.46. The summed E-state index contributed by atoms with van der Waals surface area (Å²) in [5, 5.41) is 10.7. The van der Waals surface area contributed by atoms with Crippen LogP contribution in [0.4, 0.5) is 5.69 Å². The average molecular weight is 371 g/mol. The van der Waals surface area contributed by atoms with E-state index >= 15 is 0 Å². The van der Waals surface area contributed by atoms with Crippen LogP contribution in [0.25, 0.3) is 0 Å². The van der Waals surface area contributed by atoms with Crippen LogP contribution in [0.5, 0.6) is 0 Å². The molecule has 1 saturated heterocycles. The molecule has 2 atom stereocenters. The Kier molecular flexibility index (Phi) is 5.76. The minimum atomic E-state index is -3.61. The summed E-state index contributed by atoms with van der Waals surface area (Å²) in [7, 11) is -0.343. The highest BCUT2D eigenvalue weighted by molar-refractivity contribution is 7.86. The molecule has 9 nitrogen and oxygen atoms in total. The lowest BCUT2D eigenvalue weighted by molar-refractivity contribution is -0.384. The molecule has 0 bridgehead atoms. The predicted octanol–water partition coefficient (Wildman–Crippen LogP) is 0.602. The Morgan fingerprint density at radius 1 is 1.36 bits per heavy atom. The maximum Gasteiger partial charge on any atom is 0.269 e. The first-order chi connectivity index (χ1) is 11.6. The molecule has 1 aliphatic rings. The van der Waals surface area contributed by atoms with Crippen molar-refractivity contribution in [1.82, 2.24) is 9.80 Å². The number of nitro groups is 1. The molecule has 0 radical (unpaired) electrons. The normalized spacial score (nSPS) is 21.2. The molecule has 0 spiro atoms. The number of carbonyl (C=O) groups excluding carboxylic acids is 1. The van der Waals surface area contributed by atoms with Gasteiger partial charge < -0.3 is 4.90 Å². The van der Waals surface area contributed by atoms with Crippen LogP contribution < -0.4 is 0 Å². The summed E-state index contributed by atoms with van der Waals surface area (Å²) in [6, 6.07) is 5.55. The van der Waals surface area contributed by atoms with Crippen LogP contribution in [-0.4, -0.2) is 68.1 Å². The monoisotopic (exact) mass is 371 g/mol. The first kappa shape index (κ1) is 19.3. The van der Waals surface area contributed by atoms with E-state index in [1.807, 2.05) is 4.90 Å². The number of rotatable bonds is 6. The lowest BCUT2D eigenvalue weighted by Gasteiger charge is -2.25. The van der Waals surface area contributed by atoms with E-state index < -0.39 is 27.2 Å². The summed E-state index contributed by atoms with van der Waals surface area (Å²) in [5.41, 5.74) is 0.784. The van der Waals surface area contributed by atoms with Gasteiger partial charge in [0.15, 0.2) is 0 Å². The Hall–Kier alpha value is -2.04. The SMILES string of the molecule is CN(C)C(=O)[C@@H]1C[C@@H](OS(C)(=O)=O)CN1Cc1ccc([N+](=O)[O-])cc1. The number of likely N-dealkylation sites (tertiary alicyclic amines) is 1. The van der Waals surface area contributed by atoms with Crippen LogP contribution in [-0.2, 0) is 25.6 Å². The number of amides is 1. The van der Waals surface area contributed by atoms with E-state index in [-0.39, 0.29) is 24.6 Å². The van der Waals surface area contributed by atoms with E-state index in [1.165, 1.54) is 17.0 Å². The zero-order valence-electron chi connectivity index (χ0n) is 14.3. The first-order valence-corrected chi connectivity index (χ1v) is 9.45. The van der Waals surface area contributed by atoms with Crippen LogP contribution in [0.1, 0.15) is 12.0 Å². The van der Waals surface area contributed by atoms with Gasteiger partial charge >= 0.3 is 0 Å². The average Bonchev–Trinajstić information content (AvgIpc) is 2.87. The van der Waals surface area contributed by atoms with E-state index in [4.69, 9.17) is 4.18 Å². The Labute approximate surface area is 146 Å². The van der Waals surface area contributed by atoms with Crippen LogP contribution in [0, 0.1) is 10.1 Å². The quantitative estimate of drug-likeness (QED) is 0.409. The van der Waals surface area contributed by atoms with Crippen molar-refractivity contribution in [2.24, 2.45) is 0 Å². The van der Waals surface area contributed by atoms with Gasteiger partial charge in [-0.15, -0.1) is 0 Å². The van der Waals surface area contributed by atoms with E-state index in [9.17, 15) is 23.3 Å². The summed E-state index contributed by atoms with van der Waals surface area (Å²) in [5.74, 6) is -0.137. The number of likely N-dealkylation sites (N-methyl/N-ethyl adjacent to an activating group) is 1. The molecule has 138 valence electrons. The molecule has 1 aromatic rings. The van der Waals surface area contributed by atoms with Crippen LogP contribution in [0.3, 0.4) is 0 Å². The standard InChI is InChI=1S/C15H21N3O6S/c1-16(2)15(19)14-8-13(24-25(3,22)23)10-17(14)9-11-4-6-12(7-5-11)18(20)21/h4-7,13-14H,8-10H2,1-3H3/t13-,14+/m1/s1. The second-order valence-corrected chi connectivity index (χ2v) is 7.86. The summed E-state index contributed by atoms with van der Waals surface area (Å²) < 4.78 is 27.8. The Morgan fingerprint density at radius 3 is 2.44 bits per heavy atom. The molecule has 10 heteroatoms. The van der Waals surface area contributed by atoms with E-state index in [0.29, 0.717) is 6.54 Å². The topological polar surface area (TPSA) is 110 Å². The Morgan fingerprint density at radius 2 is 1.96 bits per heavy atom. The summed E-state index contributed by atoms with van der Waals surface area (Å²) in [6.45, 7) is 0.653. The van der Waals surface area contributed by atoms with E-state index in [2.05, 4.69) is 0 Å². The van der Waals surface area contributed by atoms with Gasteiger partial charge in [0.25, 0.3) is 15.8 Å². The van der Waals surface area contributed by atoms with Crippen molar-refractivity contribution in [3.8, 4) is 0 Å². The van der Waals surface area contributed by atoms with Crippen molar-refractivity contribution in [3.05, 3.63) is 39.9 Å². The van der Waals surface area contributed by atoms with Gasteiger partial charge in [-0.05, 0) is 5.56 Å². The molecule has 1 fully saturated rings. The zero-order valence-corrected chi connectivity index (χ0v) is 15.1. The lowest BCUT2D eigenvalue weighted by Crippen LogP contribution is -2.42. The molecule has 0 aliphatic carbocycles. The highest BCUT2D eigenvalue weighted by Crippen LogP contribution is 2.25. The minimum Gasteiger partial charge on any atom is -0.347 e. The second-order valence-electron chi connectivity index (χ2n) is 6.26. The van der Waals surface area contributed by atoms with Crippen molar-refractivity contribution >= 4 is 21.7 Å². The summed E-state index contributed by atoms with van der Waals surface area (Å²) >= 11 is 0. The largest absolute Gasteiger partial charge is 0.347 e. The molecule has 25 heavy (non-hydrogen) atoms. The molecule has 1 amide bonds. The maximum atomic E-state index is 12.4. The molecular formula is C15H21N3O6S. The van der Waals surface area contributed by atoms with Crippen LogP contribution >= 0.6 is 0 Å². The van der Waals surface area contributed by atoms with Crippen molar-refractivity contribution in [2.75, 3.05) is 26.9 Å². The zero-order chi connectivity index (χ0) is 18.8. The molecular weight excluding hydrogens is 350 g/mol. The van der Waals surface area contributed by atoms with Gasteiger partial charge in [-0.25, -0.2) is 0 Å².